The Morgan fingerprint density at radius 3 is 2.66 bits per heavy atom. The Bertz CT molecular complexity index is 1100. The van der Waals surface area contributed by atoms with Gasteiger partial charge < -0.3 is 25.1 Å². The van der Waals surface area contributed by atoms with Crippen LogP contribution in [0.2, 0.25) is 0 Å². The predicted molar refractivity (Wildman–Crippen MR) is 124 cm³/mol. The number of hydrogen-bond acceptors (Lipinski definition) is 4. The molecule has 1 aliphatic rings. The zero-order valence-electron chi connectivity index (χ0n) is 18.4. The van der Waals surface area contributed by atoms with Crippen molar-refractivity contribution in [2.24, 2.45) is 0 Å². The van der Waals surface area contributed by atoms with Gasteiger partial charge in [0.2, 0.25) is 11.8 Å². The number of aromatic amines is 1. The molecule has 7 nitrogen and oxygen atoms in total. The first kappa shape index (κ1) is 21.7. The van der Waals surface area contributed by atoms with Crippen molar-refractivity contribution in [3.05, 3.63) is 54.2 Å². The maximum Gasteiger partial charge on any atom is 0.247 e. The van der Waals surface area contributed by atoms with Gasteiger partial charge in [-0.3, -0.25) is 9.59 Å². The molecule has 1 heterocycles. The van der Waals surface area contributed by atoms with Crippen molar-refractivity contribution >= 4 is 28.4 Å². The van der Waals surface area contributed by atoms with Gasteiger partial charge in [-0.15, -0.1) is 0 Å². The van der Waals surface area contributed by atoms with Crippen molar-refractivity contribution in [1.29, 1.82) is 0 Å². The number of methoxy groups -OCH3 is 1. The van der Waals surface area contributed by atoms with Gasteiger partial charge in [-0.2, -0.15) is 0 Å². The zero-order chi connectivity index (χ0) is 22.5. The number of ether oxygens (including phenoxy) is 2. The van der Waals surface area contributed by atoms with Crippen LogP contribution >= 0.6 is 0 Å². The summed E-state index contributed by atoms with van der Waals surface area (Å²) >= 11 is 0. The highest BCUT2D eigenvalue weighted by Crippen LogP contribution is 2.34. The molecule has 1 aromatic heterocycles. The number of aromatic nitrogens is 1. The van der Waals surface area contributed by atoms with Gasteiger partial charge in [-0.1, -0.05) is 18.2 Å². The number of benzene rings is 2. The second-order valence-electron chi connectivity index (χ2n) is 8.20. The molecule has 1 saturated carbocycles. The summed E-state index contributed by atoms with van der Waals surface area (Å²) in [4.78, 5) is 28.1. The molecule has 1 unspecified atom stereocenters. The van der Waals surface area contributed by atoms with Crippen LogP contribution in [-0.4, -0.2) is 36.1 Å². The highest BCUT2D eigenvalue weighted by atomic mass is 16.5. The summed E-state index contributed by atoms with van der Waals surface area (Å²) in [7, 11) is 1.60. The molecule has 32 heavy (non-hydrogen) atoms. The highest BCUT2D eigenvalue weighted by Gasteiger charge is 2.23. The Labute approximate surface area is 187 Å². The van der Waals surface area contributed by atoms with E-state index in [1.165, 1.54) is 6.92 Å². The minimum atomic E-state index is -0.715. The van der Waals surface area contributed by atoms with E-state index >= 15 is 0 Å². The van der Waals surface area contributed by atoms with Crippen molar-refractivity contribution in [3.8, 4) is 11.5 Å². The number of amides is 2. The van der Waals surface area contributed by atoms with E-state index in [2.05, 4.69) is 15.6 Å². The molecule has 0 spiro atoms. The van der Waals surface area contributed by atoms with E-state index in [-0.39, 0.29) is 17.9 Å². The van der Waals surface area contributed by atoms with Gasteiger partial charge in [-0.05, 0) is 49.4 Å². The van der Waals surface area contributed by atoms with Crippen molar-refractivity contribution < 1.29 is 19.1 Å². The summed E-state index contributed by atoms with van der Waals surface area (Å²) in [6, 6.07) is 12.5. The first-order valence-corrected chi connectivity index (χ1v) is 11.0. The second kappa shape index (κ2) is 9.77. The molecule has 1 fully saturated rings. The largest absolute Gasteiger partial charge is 0.493 e. The Kier molecular flexibility index (Phi) is 6.63. The lowest BCUT2D eigenvalue weighted by Gasteiger charge is -2.19. The highest BCUT2D eigenvalue weighted by molar-refractivity contribution is 5.98. The maximum atomic E-state index is 13.1. The SMILES string of the molecule is COc1ccc(NC(=O)C(Cc2c[nH]c3ccccc23)NC(C)=O)cc1OC1CCCC1. The van der Waals surface area contributed by atoms with Crippen LogP contribution in [0.4, 0.5) is 5.69 Å². The number of anilines is 1. The number of fused-ring (bicyclic) bond motifs is 1. The number of carbonyl (C=O) groups excluding carboxylic acids is 2. The molecular weight excluding hydrogens is 406 g/mol. The van der Waals surface area contributed by atoms with Crippen LogP contribution in [0.1, 0.15) is 38.2 Å². The summed E-state index contributed by atoms with van der Waals surface area (Å²) in [5.41, 5.74) is 2.56. The normalized spacial score (nSPS) is 14.8. The third kappa shape index (κ3) is 5.04. The lowest BCUT2D eigenvalue weighted by atomic mass is 10.0. The molecule has 7 heteroatoms. The molecule has 2 amide bonds. The summed E-state index contributed by atoms with van der Waals surface area (Å²) in [6.45, 7) is 1.41. The quantitative estimate of drug-likeness (QED) is 0.495. The first-order valence-electron chi connectivity index (χ1n) is 11.0. The van der Waals surface area contributed by atoms with E-state index in [1.807, 2.05) is 30.5 Å². The number of H-pyrrole nitrogens is 1. The summed E-state index contributed by atoms with van der Waals surface area (Å²) < 4.78 is 11.6. The fraction of sp³-hybridized carbons (Fsp3) is 0.360. The van der Waals surface area contributed by atoms with E-state index in [0.29, 0.717) is 23.6 Å². The maximum absolute atomic E-state index is 13.1. The van der Waals surface area contributed by atoms with Crippen LogP contribution in [0.25, 0.3) is 10.9 Å². The molecule has 168 valence electrons. The number of hydrogen-bond donors (Lipinski definition) is 3. The smallest absolute Gasteiger partial charge is 0.247 e. The van der Waals surface area contributed by atoms with Crippen LogP contribution in [-0.2, 0) is 16.0 Å². The average Bonchev–Trinajstić information content (AvgIpc) is 3.43. The molecule has 1 atom stereocenters. The van der Waals surface area contributed by atoms with E-state index < -0.39 is 6.04 Å². The summed E-state index contributed by atoms with van der Waals surface area (Å²) in [6.07, 6.45) is 6.80. The van der Waals surface area contributed by atoms with Crippen LogP contribution in [0.5, 0.6) is 11.5 Å². The Morgan fingerprint density at radius 2 is 1.91 bits per heavy atom. The Balaban J connectivity index is 1.52. The van der Waals surface area contributed by atoms with Gasteiger partial charge >= 0.3 is 0 Å². The predicted octanol–water partition coefficient (Wildman–Crippen LogP) is 4.18. The van der Waals surface area contributed by atoms with Gasteiger partial charge in [0.15, 0.2) is 11.5 Å². The third-order valence-corrected chi connectivity index (χ3v) is 5.82. The van der Waals surface area contributed by atoms with Crippen molar-refractivity contribution in [2.75, 3.05) is 12.4 Å². The number of carbonyl (C=O) groups is 2. The zero-order valence-corrected chi connectivity index (χ0v) is 18.4. The Morgan fingerprint density at radius 1 is 1.12 bits per heavy atom. The van der Waals surface area contributed by atoms with Crippen LogP contribution in [0, 0.1) is 0 Å². The van der Waals surface area contributed by atoms with Crippen molar-refractivity contribution in [1.82, 2.24) is 10.3 Å². The van der Waals surface area contributed by atoms with Gasteiger partial charge in [0.25, 0.3) is 0 Å². The molecule has 0 bridgehead atoms. The fourth-order valence-electron chi connectivity index (χ4n) is 4.24. The van der Waals surface area contributed by atoms with E-state index in [0.717, 1.165) is 42.1 Å². The average molecular weight is 436 g/mol. The molecule has 3 aromatic rings. The van der Waals surface area contributed by atoms with Gasteiger partial charge in [0.1, 0.15) is 6.04 Å². The van der Waals surface area contributed by atoms with E-state index in [9.17, 15) is 9.59 Å². The van der Waals surface area contributed by atoms with Gasteiger partial charge in [0.05, 0.1) is 13.2 Å². The fourth-order valence-corrected chi connectivity index (χ4v) is 4.24. The number of nitrogens with one attached hydrogen (secondary N) is 3. The number of para-hydroxylation sites is 1. The minimum Gasteiger partial charge on any atom is -0.493 e. The molecule has 1 aliphatic carbocycles. The molecule has 0 saturated heterocycles. The van der Waals surface area contributed by atoms with Gasteiger partial charge in [0, 0.05) is 42.2 Å². The molecule has 4 rings (SSSR count). The topological polar surface area (TPSA) is 92.5 Å². The van der Waals surface area contributed by atoms with Crippen molar-refractivity contribution in [3.63, 3.8) is 0 Å². The summed E-state index contributed by atoms with van der Waals surface area (Å²) in [5, 5.41) is 6.74. The second-order valence-corrected chi connectivity index (χ2v) is 8.20. The third-order valence-electron chi connectivity index (χ3n) is 5.82. The number of rotatable bonds is 8. The van der Waals surface area contributed by atoms with Crippen molar-refractivity contribution in [2.45, 2.75) is 51.2 Å². The first-order chi connectivity index (χ1) is 15.5. The van der Waals surface area contributed by atoms with Gasteiger partial charge in [-0.25, -0.2) is 0 Å². The molecule has 2 aromatic carbocycles. The molecule has 3 N–H and O–H groups in total. The van der Waals surface area contributed by atoms with E-state index in [1.54, 1.807) is 25.3 Å². The molecule has 0 radical (unpaired) electrons. The standard InChI is InChI=1S/C25H29N3O4/c1-16(29)27-22(13-17-15-26-21-10-6-5-9-20(17)21)25(30)28-18-11-12-23(31-2)24(14-18)32-19-7-3-4-8-19/h5-6,9-12,14-15,19,22,26H,3-4,7-8,13H2,1-2H3,(H,27,29)(H,28,30). The lowest BCUT2D eigenvalue weighted by Crippen LogP contribution is -2.44. The van der Waals surface area contributed by atoms with Crippen LogP contribution < -0.4 is 20.1 Å². The van der Waals surface area contributed by atoms with E-state index in [4.69, 9.17) is 9.47 Å². The van der Waals surface area contributed by atoms with Crippen LogP contribution in [0.15, 0.2) is 48.7 Å². The molecule has 0 aliphatic heterocycles. The van der Waals surface area contributed by atoms with Crippen LogP contribution in [0.3, 0.4) is 0 Å². The molecular formula is C25H29N3O4. The lowest BCUT2D eigenvalue weighted by molar-refractivity contribution is -0.125. The monoisotopic (exact) mass is 435 g/mol. The summed E-state index contributed by atoms with van der Waals surface area (Å²) in [5.74, 6) is 0.699. The Hall–Kier alpha value is -3.48. The minimum absolute atomic E-state index is 0.170.